The zero-order chi connectivity index (χ0) is 21.7. The molecule has 1 atom stereocenters. The summed E-state index contributed by atoms with van der Waals surface area (Å²) in [6, 6.07) is 12.2. The summed E-state index contributed by atoms with van der Waals surface area (Å²) in [5.41, 5.74) is 8.40. The van der Waals surface area contributed by atoms with Gasteiger partial charge in [-0.05, 0) is 30.2 Å². The van der Waals surface area contributed by atoms with Crippen molar-refractivity contribution in [2.24, 2.45) is 10.7 Å². The number of esters is 1. The minimum Gasteiger partial charge on any atom is -0.493 e. The zero-order valence-corrected chi connectivity index (χ0v) is 17.4. The first-order valence-electron chi connectivity index (χ1n) is 9.40. The van der Waals surface area contributed by atoms with Gasteiger partial charge in [0.25, 0.3) is 0 Å². The first-order chi connectivity index (χ1) is 14.5. The summed E-state index contributed by atoms with van der Waals surface area (Å²) in [6.45, 7) is 1.98. The van der Waals surface area contributed by atoms with Crippen LogP contribution in [-0.2, 0) is 9.53 Å². The number of carbonyl (C=O) groups excluding carboxylic acids is 1. The molecule has 8 nitrogen and oxygen atoms in total. The minimum absolute atomic E-state index is 0.181. The Bertz CT molecular complexity index is 961. The number of methoxy groups -OCH3 is 3. The average molecular weight is 411 g/mol. The van der Waals surface area contributed by atoms with Crippen molar-refractivity contribution < 1.29 is 23.7 Å². The fraction of sp³-hybridized carbons (Fsp3) is 0.273. The first kappa shape index (κ1) is 21.0. The van der Waals surface area contributed by atoms with Crippen LogP contribution >= 0.6 is 0 Å². The van der Waals surface area contributed by atoms with Gasteiger partial charge in [0.2, 0.25) is 5.75 Å². The topological polar surface area (TPSA) is 104 Å². The van der Waals surface area contributed by atoms with E-state index in [2.05, 4.69) is 10.3 Å². The third-order valence-corrected chi connectivity index (χ3v) is 4.62. The van der Waals surface area contributed by atoms with Gasteiger partial charge in [-0.1, -0.05) is 30.3 Å². The van der Waals surface area contributed by atoms with Crippen LogP contribution in [-0.4, -0.2) is 39.9 Å². The van der Waals surface area contributed by atoms with Gasteiger partial charge in [0.1, 0.15) is 6.04 Å². The van der Waals surface area contributed by atoms with Crippen molar-refractivity contribution in [3.8, 4) is 17.2 Å². The second-order valence-electron chi connectivity index (χ2n) is 6.38. The SMILES string of the molecule is CCOC(=O)C1=C(c2ccccc2)NC(N)=N[C@@H]1c1cc(OC)c(OC)c(OC)c1. The van der Waals surface area contributed by atoms with E-state index in [0.717, 1.165) is 5.56 Å². The number of ether oxygens (including phenoxy) is 4. The number of guanidine groups is 1. The van der Waals surface area contributed by atoms with Crippen molar-refractivity contribution in [2.45, 2.75) is 13.0 Å². The molecule has 0 radical (unpaired) electrons. The molecule has 0 aliphatic carbocycles. The molecule has 0 saturated heterocycles. The normalized spacial score (nSPS) is 15.7. The van der Waals surface area contributed by atoms with Crippen LogP contribution in [0.1, 0.15) is 24.1 Å². The molecule has 0 spiro atoms. The molecule has 0 saturated carbocycles. The van der Waals surface area contributed by atoms with Gasteiger partial charge in [0.15, 0.2) is 17.5 Å². The predicted molar refractivity (Wildman–Crippen MR) is 114 cm³/mol. The Morgan fingerprint density at radius 3 is 2.23 bits per heavy atom. The Labute approximate surface area is 175 Å². The van der Waals surface area contributed by atoms with E-state index in [1.165, 1.54) is 21.3 Å². The molecule has 1 heterocycles. The van der Waals surface area contributed by atoms with Gasteiger partial charge in [-0.15, -0.1) is 0 Å². The van der Waals surface area contributed by atoms with Crippen molar-refractivity contribution in [1.29, 1.82) is 0 Å². The second-order valence-corrected chi connectivity index (χ2v) is 6.38. The maximum absolute atomic E-state index is 13.0. The van der Waals surface area contributed by atoms with Gasteiger partial charge < -0.3 is 30.0 Å². The molecule has 0 aromatic heterocycles. The molecule has 2 aromatic carbocycles. The molecule has 0 unspecified atom stereocenters. The van der Waals surface area contributed by atoms with Gasteiger partial charge in [0, 0.05) is 0 Å². The lowest BCUT2D eigenvalue weighted by atomic mass is 9.93. The van der Waals surface area contributed by atoms with Crippen molar-refractivity contribution in [3.63, 3.8) is 0 Å². The van der Waals surface area contributed by atoms with Crippen LogP contribution in [0, 0.1) is 0 Å². The molecule has 0 bridgehead atoms. The quantitative estimate of drug-likeness (QED) is 0.675. The van der Waals surface area contributed by atoms with Crippen molar-refractivity contribution in [2.75, 3.05) is 27.9 Å². The number of nitrogens with two attached hydrogens (primary N) is 1. The highest BCUT2D eigenvalue weighted by Crippen LogP contribution is 2.43. The van der Waals surface area contributed by atoms with Gasteiger partial charge in [0.05, 0.1) is 39.2 Å². The summed E-state index contributed by atoms with van der Waals surface area (Å²) in [4.78, 5) is 17.5. The van der Waals surface area contributed by atoms with Crippen molar-refractivity contribution >= 4 is 17.6 Å². The average Bonchev–Trinajstić information content (AvgIpc) is 2.78. The highest BCUT2D eigenvalue weighted by Gasteiger charge is 2.33. The first-order valence-corrected chi connectivity index (χ1v) is 9.40. The lowest BCUT2D eigenvalue weighted by Gasteiger charge is -2.27. The second kappa shape index (κ2) is 9.21. The third kappa shape index (κ3) is 4.03. The lowest BCUT2D eigenvalue weighted by molar-refractivity contribution is -0.138. The zero-order valence-electron chi connectivity index (χ0n) is 17.4. The van der Waals surface area contributed by atoms with Crippen LogP contribution in [0.15, 0.2) is 53.0 Å². The summed E-state index contributed by atoms with van der Waals surface area (Å²) in [7, 11) is 4.58. The van der Waals surface area contributed by atoms with E-state index in [9.17, 15) is 4.79 Å². The molecule has 0 fully saturated rings. The molecule has 1 aliphatic heterocycles. The molecular weight excluding hydrogens is 386 g/mol. The lowest BCUT2D eigenvalue weighted by Crippen LogP contribution is -2.37. The number of aliphatic imine (C=N–C) groups is 1. The smallest absolute Gasteiger partial charge is 0.338 e. The Kier molecular flexibility index (Phi) is 6.46. The molecule has 8 heteroatoms. The molecule has 2 aromatic rings. The monoisotopic (exact) mass is 411 g/mol. The molecule has 3 N–H and O–H groups in total. The number of nitrogens with zero attached hydrogens (tertiary/aromatic N) is 1. The van der Waals surface area contributed by atoms with Gasteiger partial charge in [-0.3, -0.25) is 0 Å². The standard InChI is InChI=1S/C22H25N3O5/c1-5-30-21(26)17-18(13-9-7-6-8-10-13)24-22(23)25-19(17)14-11-15(27-2)20(29-4)16(12-14)28-3/h6-12,19H,5H2,1-4H3,(H3,23,24,25)/t19-/m1/s1. The minimum atomic E-state index is -0.728. The Morgan fingerprint density at radius 2 is 1.70 bits per heavy atom. The molecule has 0 amide bonds. The maximum atomic E-state index is 13.0. The van der Waals surface area contributed by atoms with E-state index < -0.39 is 12.0 Å². The summed E-state index contributed by atoms with van der Waals surface area (Å²) in [5.74, 6) is 1.03. The van der Waals surface area contributed by atoms with Gasteiger partial charge >= 0.3 is 5.97 Å². The number of nitrogens with one attached hydrogen (secondary N) is 1. The van der Waals surface area contributed by atoms with Crippen LogP contribution in [0.2, 0.25) is 0 Å². The van der Waals surface area contributed by atoms with Gasteiger partial charge in [-0.2, -0.15) is 0 Å². The highest BCUT2D eigenvalue weighted by molar-refractivity contribution is 6.04. The van der Waals surface area contributed by atoms with E-state index in [0.29, 0.717) is 34.1 Å². The van der Waals surface area contributed by atoms with Crippen molar-refractivity contribution in [1.82, 2.24) is 5.32 Å². The molecule has 158 valence electrons. The third-order valence-electron chi connectivity index (χ3n) is 4.62. The number of rotatable bonds is 7. The summed E-state index contributed by atoms with van der Waals surface area (Å²) >= 11 is 0. The maximum Gasteiger partial charge on any atom is 0.338 e. The largest absolute Gasteiger partial charge is 0.493 e. The Morgan fingerprint density at radius 1 is 1.07 bits per heavy atom. The summed E-state index contributed by atoms with van der Waals surface area (Å²) in [5, 5.41) is 3.02. The Hall–Kier alpha value is -3.68. The van der Waals surface area contributed by atoms with E-state index >= 15 is 0 Å². The van der Waals surface area contributed by atoms with E-state index in [-0.39, 0.29) is 12.6 Å². The number of carbonyl (C=O) groups is 1. The number of benzene rings is 2. The van der Waals surface area contributed by atoms with E-state index in [1.54, 1.807) is 19.1 Å². The van der Waals surface area contributed by atoms with Crippen LogP contribution < -0.4 is 25.3 Å². The molecular formula is C22H25N3O5. The summed E-state index contributed by atoms with van der Waals surface area (Å²) < 4.78 is 21.7. The van der Waals surface area contributed by atoms with Crippen LogP contribution in [0.25, 0.3) is 5.70 Å². The Balaban J connectivity index is 2.24. The fourth-order valence-electron chi connectivity index (χ4n) is 3.32. The van der Waals surface area contributed by atoms with Crippen LogP contribution in [0.4, 0.5) is 0 Å². The fourth-order valence-corrected chi connectivity index (χ4v) is 3.32. The molecule has 30 heavy (non-hydrogen) atoms. The number of hydrogen-bond donors (Lipinski definition) is 2. The van der Waals surface area contributed by atoms with E-state index in [1.807, 2.05) is 30.3 Å². The van der Waals surface area contributed by atoms with Crippen LogP contribution in [0.3, 0.4) is 0 Å². The highest BCUT2D eigenvalue weighted by atomic mass is 16.5. The molecule has 1 aliphatic rings. The van der Waals surface area contributed by atoms with Gasteiger partial charge in [-0.25, -0.2) is 9.79 Å². The number of hydrogen-bond acceptors (Lipinski definition) is 8. The predicted octanol–water partition coefficient (Wildman–Crippen LogP) is 2.65. The summed E-state index contributed by atoms with van der Waals surface area (Å²) in [6.07, 6.45) is 0. The molecule has 3 rings (SSSR count). The van der Waals surface area contributed by atoms with Crippen molar-refractivity contribution in [3.05, 3.63) is 59.2 Å². The van der Waals surface area contributed by atoms with E-state index in [4.69, 9.17) is 24.7 Å². The van der Waals surface area contributed by atoms with Crippen LogP contribution in [0.5, 0.6) is 17.2 Å².